The Kier molecular flexibility index (Phi) is 4.93. The molecule has 0 aromatic carbocycles. The predicted molar refractivity (Wildman–Crippen MR) is 68.4 cm³/mol. The van der Waals surface area contributed by atoms with Crippen LogP contribution in [0, 0.1) is 0 Å². The second kappa shape index (κ2) is 5.99. The van der Waals surface area contributed by atoms with Gasteiger partial charge >= 0.3 is 0 Å². The number of pyridine rings is 1. The molecule has 0 unspecified atom stereocenters. The van der Waals surface area contributed by atoms with Crippen LogP contribution < -0.4 is 0 Å². The van der Waals surface area contributed by atoms with Gasteiger partial charge in [0.25, 0.3) is 5.91 Å². The van der Waals surface area contributed by atoms with Crippen LogP contribution in [-0.4, -0.2) is 28.9 Å². The molecular weight excluding hydrogens is 268 g/mol. The van der Waals surface area contributed by atoms with Crippen LogP contribution in [0.4, 0.5) is 0 Å². The van der Waals surface area contributed by atoms with Crippen LogP contribution >= 0.6 is 15.9 Å². The van der Waals surface area contributed by atoms with Crippen molar-refractivity contribution in [2.75, 3.05) is 7.05 Å². The van der Waals surface area contributed by atoms with Crippen LogP contribution in [0.2, 0.25) is 0 Å². The van der Waals surface area contributed by atoms with E-state index in [0.717, 1.165) is 12.8 Å². The summed E-state index contributed by atoms with van der Waals surface area (Å²) in [4.78, 5) is 18.0. The third kappa shape index (κ3) is 2.82. The summed E-state index contributed by atoms with van der Waals surface area (Å²) in [5.74, 6) is 0.0219. The first-order valence-electron chi connectivity index (χ1n) is 5.49. The first kappa shape index (κ1) is 13.2. The Morgan fingerprint density at radius 3 is 2.62 bits per heavy atom. The van der Waals surface area contributed by atoms with Gasteiger partial charge in [-0.1, -0.05) is 13.8 Å². The second-order valence-electron chi connectivity index (χ2n) is 3.73. The molecule has 0 aliphatic rings. The van der Waals surface area contributed by atoms with Gasteiger partial charge in [0.05, 0.1) is 5.56 Å². The van der Waals surface area contributed by atoms with E-state index in [1.54, 1.807) is 23.2 Å². The van der Waals surface area contributed by atoms with Crippen molar-refractivity contribution in [3.8, 4) is 0 Å². The Morgan fingerprint density at radius 1 is 1.50 bits per heavy atom. The molecule has 0 bridgehead atoms. The highest BCUT2D eigenvalue weighted by molar-refractivity contribution is 9.10. The van der Waals surface area contributed by atoms with Crippen LogP contribution in [0.3, 0.4) is 0 Å². The molecular formula is C12H17BrN2O. The third-order valence-electron chi connectivity index (χ3n) is 2.80. The molecule has 3 nitrogen and oxygen atoms in total. The maximum Gasteiger partial charge on any atom is 0.256 e. The van der Waals surface area contributed by atoms with Crippen molar-refractivity contribution in [3.05, 3.63) is 28.5 Å². The SMILES string of the molecule is CCC(CC)N(C)C(=O)c1cccnc1Br. The minimum absolute atomic E-state index is 0.0219. The molecule has 4 heteroatoms. The molecule has 0 saturated heterocycles. The molecule has 0 radical (unpaired) electrons. The maximum absolute atomic E-state index is 12.2. The molecule has 0 spiro atoms. The van der Waals surface area contributed by atoms with Crippen molar-refractivity contribution in [1.29, 1.82) is 0 Å². The summed E-state index contributed by atoms with van der Waals surface area (Å²) < 4.78 is 0.609. The predicted octanol–water partition coefficient (Wildman–Crippen LogP) is 3.10. The van der Waals surface area contributed by atoms with Gasteiger partial charge in [0.1, 0.15) is 4.60 Å². The smallest absolute Gasteiger partial charge is 0.256 e. The number of hydrogen-bond donors (Lipinski definition) is 0. The summed E-state index contributed by atoms with van der Waals surface area (Å²) >= 11 is 3.30. The number of halogens is 1. The van der Waals surface area contributed by atoms with E-state index in [1.807, 2.05) is 7.05 Å². The fourth-order valence-electron chi connectivity index (χ4n) is 1.74. The zero-order valence-electron chi connectivity index (χ0n) is 9.90. The van der Waals surface area contributed by atoms with E-state index in [0.29, 0.717) is 16.2 Å². The zero-order chi connectivity index (χ0) is 12.1. The highest BCUT2D eigenvalue weighted by Gasteiger charge is 2.20. The average Bonchev–Trinajstić information content (AvgIpc) is 2.30. The molecule has 1 aromatic rings. The van der Waals surface area contributed by atoms with Crippen LogP contribution in [0.25, 0.3) is 0 Å². The van der Waals surface area contributed by atoms with Gasteiger partial charge in [0.15, 0.2) is 0 Å². The van der Waals surface area contributed by atoms with E-state index in [-0.39, 0.29) is 5.91 Å². The van der Waals surface area contributed by atoms with Crippen LogP contribution in [0.5, 0.6) is 0 Å². The van der Waals surface area contributed by atoms with Crippen molar-refractivity contribution in [2.45, 2.75) is 32.7 Å². The largest absolute Gasteiger partial charge is 0.339 e. The minimum Gasteiger partial charge on any atom is -0.339 e. The first-order valence-corrected chi connectivity index (χ1v) is 6.28. The highest BCUT2D eigenvalue weighted by atomic mass is 79.9. The van der Waals surface area contributed by atoms with E-state index in [1.165, 1.54) is 0 Å². The van der Waals surface area contributed by atoms with Crippen LogP contribution in [0.15, 0.2) is 22.9 Å². The van der Waals surface area contributed by atoms with Gasteiger partial charge in [0.2, 0.25) is 0 Å². The van der Waals surface area contributed by atoms with Crippen molar-refractivity contribution < 1.29 is 4.79 Å². The van der Waals surface area contributed by atoms with E-state index in [9.17, 15) is 4.79 Å². The summed E-state index contributed by atoms with van der Waals surface area (Å²) in [6.45, 7) is 4.19. The number of carbonyl (C=O) groups is 1. The molecule has 1 amide bonds. The lowest BCUT2D eigenvalue weighted by Crippen LogP contribution is -2.36. The van der Waals surface area contributed by atoms with Gasteiger partial charge in [-0.15, -0.1) is 0 Å². The number of hydrogen-bond acceptors (Lipinski definition) is 2. The Labute approximate surface area is 105 Å². The quantitative estimate of drug-likeness (QED) is 0.796. The monoisotopic (exact) mass is 284 g/mol. The number of aromatic nitrogens is 1. The van der Waals surface area contributed by atoms with E-state index in [4.69, 9.17) is 0 Å². The fourth-order valence-corrected chi connectivity index (χ4v) is 2.16. The molecule has 0 aliphatic heterocycles. The van der Waals surface area contributed by atoms with Gasteiger partial charge in [-0.3, -0.25) is 4.79 Å². The van der Waals surface area contributed by atoms with Crippen molar-refractivity contribution in [2.24, 2.45) is 0 Å². The second-order valence-corrected chi connectivity index (χ2v) is 4.48. The Bertz CT molecular complexity index is 364. The minimum atomic E-state index is 0.0219. The normalized spacial score (nSPS) is 10.6. The van der Waals surface area contributed by atoms with Gasteiger partial charge in [-0.25, -0.2) is 4.98 Å². The van der Waals surface area contributed by atoms with E-state index >= 15 is 0 Å². The van der Waals surface area contributed by atoms with E-state index in [2.05, 4.69) is 34.8 Å². The van der Waals surface area contributed by atoms with Crippen molar-refractivity contribution in [3.63, 3.8) is 0 Å². The summed E-state index contributed by atoms with van der Waals surface area (Å²) in [6, 6.07) is 3.86. The Morgan fingerprint density at radius 2 is 2.12 bits per heavy atom. The Balaban J connectivity index is 2.90. The molecule has 88 valence electrons. The number of rotatable bonds is 4. The fraction of sp³-hybridized carbons (Fsp3) is 0.500. The summed E-state index contributed by atoms with van der Waals surface area (Å²) in [6.07, 6.45) is 3.60. The zero-order valence-corrected chi connectivity index (χ0v) is 11.5. The van der Waals surface area contributed by atoms with Crippen LogP contribution in [-0.2, 0) is 0 Å². The van der Waals surface area contributed by atoms with E-state index < -0.39 is 0 Å². The van der Waals surface area contributed by atoms with Crippen molar-refractivity contribution in [1.82, 2.24) is 9.88 Å². The molecule has 0 fully saturated rings. The van der Waals surface area contributed by atoms with Gasteiger partial charge in [0, 0.05) is 19.3 Å². The molecule has 1 rings (SSSR count). The lowest BCUT2D eigenvalue weighted by atomic mass is 10.1. The molecule has 0 saturated carbocycles. The average molecular weight is 285 g/mol. The van der Waals surface area contributed by atoms with Crippen molar-refractivity contribution >= 4 is 21.8 Å². The number of carbonyl (C=O) groups excluding carboxylic acids is 1. The Hall–Kier alpha value is -0.900. The summed E-state index contributed by atoms with van der Waals surface area (Å²) in [7, 11) is 1.85. The lowest BCUT2D eigenvalue weighted by molar-refractivity contribution is 0.0722. The molecule has 0 N–H and O–H groups in total. The molecule has 1 heterocycles. The molecule has 16 heavy (non-hydrogen) atoms. The first-order chi connectivity index (χ1) is 7.61. The summed E-state index contributed by atoms with van der Waals surface area (Å²) in [5.41, 5.74) is 0.622. The standard InChI is InChI=1S/C12H17BrN2O/c1-4-9(5-2)15(3)12(16)10-7-6-8-14-11(10)13/h6-9H,4-5H2,1-3H3. The number of nitrogens with zero attached hydrogens (tertiary/aromatic N) is 2. The topological polar surface area (TPSA) is 33.2 Å². The van der Waals surface area contributed by atoms with Gasteiger partial charge in [-0.05, 0) is 40.9 Å². The highest BCUT2D eigenvalue weighted by Crippen LogP contribution is 2.17. The molecule has 1 aromatic heterocycles. The molecule has 0 aliphatic carbocycles. The maximum atomic E-state index is 12.2. The number of amides is 1. The third-order valence-corrected chi connectivity index (χ3v) is 3.43. The van der Waals surface area contributed by atoms with Gasteiger partial charge < -0.3 is 4.90 Å². The lowest BCUT2D eigenvalue weighted by Gasteiger charge is -2.26. The summed E-state index contributed by atoms with van der Waals surface area (Å²) in [5, 5.41) is 0. The van der Waals surface area contributed by atoms with Crippen LogP contribution in [0.1, 0.15) is 37.0 Å². The molecule has 0 atom stereocenters. The van der Waals surface area contributed by atoms with Gasteiger partial charge in [-0.2, -0.15) is 0 Å².